The first kappa shape index (κ1) is 18.9. The Morgan fingerprint density at radius 3 is 2.36 bits per heavy atom. The lowest BCUT2D eigenvalue weighted by Crippen LogP contribution is -2.27. The molecule has 0 aromatic heterocycles. The molecule has 134 valence electrons. The van der Waals surface area contributed by atoms with Crippen molar-refractivity contribution in [2.24, 2.45) is 0 Å². The molecule has 0 radical (unpaired) electrons. The fourth-order valence-electron chi connectivity index (χ4n) is 2.12. The molecule has 1 N–H and O–H groups in total. The molecule has 0 spiro atoms. The number of nitrogens with one attached hydrogen (secondary N) is 1. The smallest absolute Gasteiger partial charge is 0.258 e. The number of hydrogen-bond donors (Lipinski definition) is 1. The molecular weight excluding hydrogens is 361 g/mol. The van der Waals surface area contributed by atoms with Crippen molar-refractivity contribution in [3.05, 3.63) is 69.8 Å². The lowest BCUT2D eigenvalue weighted by Gasteiger charge is -2.16. The van der Waals surface area contributed by atoms with Crippen LogP contribution in [0.15, 0.2) is 53.4 Å². The van der Waals surface area contributed by atoms with Gasteiger partial charge in [-0.25, -0.2) is 13.1 Å². The molecule has 0 bridgehead atoms. The van der Waals surface area contributed by atoms with Crippen LogP contribution in [-0.2, 0) is 16.2 Å². The van der Waals surface area contributed by atoms with E-state index < -0.39 is 38.4 Å². The molecule has 1 unspecified atom stereocenters. The highest BCUT2D eigenvalue weighted by atomic mass is 32.2. The summed E-state index contributed by atoms with van der Waals surface area (Å²) < 4.78 is 65.1. The van der Waals surface area contributed by atoms with E-state index in [0.29, 0.717) is 0 Å². The number of non-ortho nitro benzene ring substituents is 1. The second-order valence-corrected chi connectivity index (χ2v) is 6.93. The Labute approximate surface area is 141 Å². The molecule has 0 aliphatic carbocycles. The highest BCUT2D eigenvalue weighted by molar-refractivity contribution is 7.89. The minimum atomic E-state index is -4.55. The summed E-state index contributed by atoms with van der Waals surface area (Å²) >= 11 is 0. The highest BCUT2D eigenvalue weighted by Crippen LogP contribution is 2.31. The van der Waals surface area contributed by atoms with Crippen molar-refractivity contribution in [2.45, 2.75) is 24.0 Å². The van der Waals surface area contributed by atoms with Gasteiger partial charge < -0.3 is 0 Å². The van der Waals surface area contributed by atoms with Gasteiger partial charge in [-0.15, -0.1) is 0 Å². The van der Waals surface area contributed by atoms with Crippen LogP contribution in [0.3, 0.4) is 0 Å². The maximum atomic E-state index is 12.8. The standard InChI is InChI=1S/C15H13F3N2O4S/c1-10(11-4-2-5-12(8-11)15(16,17)18)19-25(23,24)14-7-3-6-13(9-14)20(21)22/h2-10,19H,1H3. The van der Waals surface area contributed by atoms with Gasteiger partial charge in [0.1, 0.15) is 0 Å². The SMILES string of the molecule is CC(NS(=O)(=O)c1cccc([N+](=O)[O-])c1)c1cccc(C(F)(F)F)c1. The lowest BCUT2D eigenvalue weighted by atomic mass is 10.1. The van der Waals surface area contributed by atoms with Gasteiger partial charge in [0.25, 0.3) is 5.69 Å². The Morgan fingerprint density at radius 1 is 1.12 bits per heavy atom. The monoisotopic (exact) mass is 374 g/mol. The van der Waals surface area contributed by atoms with Crippen LogP contribution in [-0.4, -0.2) is 13.3 Å². The zero-order valence-corrected chi connectivity index (χ0v) is 13.6. The molecular formula is C15H13F3N2O4S. The number of halogens is 3. The average molecular weight is 374 g/mol. The first-order chi connectivity index (χ1) is 11.5. The van der Waals surface area contributed by atoms with Gasteiger partial charge in [0, 0.05) is 18.2 Å². The van der Waals surface area contributed by atoms with Crippen molar-refractivity contribution in [1.29, 1.82) is 0 Å². The Hall–Kier alpha value is -2.46. The minimum absolute atomic E-state index is 0.115. The molecule has 0 fully saturated rings. The third-order valence-electron chi connectivity index (χ3n) is 3.38. The summed E-state index contributed by atoms with van der Waals surface area (Å²) in [6.45, 7) is 1.38. The molecule has 0 aliphatic heterocycles. The maximum absolute atomic E-state index is 12.8. The number of benzene rings is 2. The molecule has 0 amide bonds. The van der Waals surface area contributed by atoms with Crippen LogP contribution in [0.2, 0.25) is 0 Å². The molecule has 0 saturated carbocycles. The Morgan fingerprint density at radius 2 is 1.76 bits per heavy atom. The number of alkyl halides is 3. The lowest BCUT2D eigenvalue weighted by molar-refractivity contribution is -0.385. The molecule has 2 rings (SSSR count). The first-order valence-corrected chi connectivity index (χ1v) is 8.43. The van der Waals surface area contributed by atoms with E-state index in [0.717, 1.165) is 30.3 Å². The maximum Gasteiger partial charge on any atom is 0.416 e. The van der Waals surface area contributed by atoms with Gasteiger partial charge in [-0.05, 0) is 30.7 Å². The molecule has 6 nitrogen and oxygen atoms in total. The largest absolute Gasteiger partial charge is 0.416 e. The van der Waals surface area contributed by atoms with E-state index in [1.807, 2.05) is 0 Å². The van der Waals surface area contributed by atoms with Gasteiger partial charge in [0.2, 0.25) is 10.0 Å². The Balaban J connectivity index is 2.29. The van der Waals surface area contributed by atoms with Gasteiger partial charge in [-0.3, -0.25) is 10.1 Å². The van der Waals surface area contributed by atoms with Crippen LogP contribution < -0.4 is 4.72 Å². The van der Waals surface area contributed by atoms with Gasteiger partial charge in [-0.1, -0.05) is 18.2 Å². The number of nitro groups is 1. The van der Waals surface area contributed by atoms with Crippen molar-refractivity contribution < 1.29 is 26.5 Å². The second-order valence-electron chi connectivity index (χ2n) is 5.22. The molecule has 25 heavy (non-hydrogen) atoms. The van der Waals surface area contributed by atoms with Gasteiger partial charge in [0.05, 0.1) is 15.4 Å². The van der Waals surface area contributed by atoms with E-state index in [1.165, 1.54) is 25.1 Å². The van der Waals surface area contributed by atoms with Gasteiger partial charge >= 0.3 is 6.18 Å². The van der Waals surface area contributed by atoms with Crippen LogP contribution in [0.5, 0.6) is 0 Å². The second kappa shape index (κ2) is 6.81. The summed E-state index contributed by atoms with van der Waals surface area (Å²) in [6, 6.07) is 7.68. The summed E-state index contributed by atoms with van der Waals surface area (Å²) in [5.41, 5.74) is -1.19. The third-order valence-corrected chi connectivity index (χ3v) is 4.92. The Bertz CT molecular complexity index is 898. The number of nitro benzene ring substituents is 1. The van der Waals surface area contributed by atoms with E-state index in [9.17, 15) is 31.7 Å². The van der Waals surface area contributed by atoms with Crippen LogP contribution in [0, 0.1) is 10.1 Å². The van der Waals surface area contributed by atoms with Crippen LogP contribution in [0.1, 0.15) is 24.1 Å². The summed E-state index contributed by atoms with van der Waals surface area (Å²) in [5, 5.41) is 10.7. The van der Waals surface area contributed by atoms with E-state index in [-0.39, 0.29) is 10.5 Å². The zero-order chi connectivity index (χ0) is 18.8. The van der Waals surface area contributed by atoms with Crippen molar-refractivity contribution in [3.63, 3.8) is 0 Å². The number of rotatable bonds is 5. The minimum Gasteiger partial charge on any atom is -0.258 e. The molecule has 2 aromatic rings. The van der Waals surface area contributed by atoms with Gasteiger partial charge in [0.15, 0.2) is 0 Å². The summed E-state index contributed by atoms with van der Waals surface area (Å²) in [4.78, 5) is 9.65. The fraction of sp³-hybridized carbons (Fsp3) is 0.200. The number of nitrogens with zero attached hydrogens (tertiary/aromatic N) is 1. The number of hydrogen-bond acceptors (Lipinski definition) is 4. The van der Waals surface area contributed by atoms with Crippen molar-refractivity contribution in [2.75, 3.05) is 0 Å². The zero-order valence-electron chi connectivity index (χ0n) is 12.8. The summed E-state index contributed by atoms with van der Waals surface area (Å²) in [5.74, 6) is 0. The van der Waals surface area contributed by atoms with E-state index in [1.54, 1.807) is 0 Å². The molecule has 2 aromatic carbocycles. The molecule has 0 aliphatic rings. The van der Waals surface area contributed by atoms with E-state index in [4.69, 9.17) is 0 Å². The van der Waals surface area contributed by atoms with Gasteiger partial charge in [-0.2, -0.15) is 13.2 Å². The average Bonchev–Trinajstić information content (AvgIpc) is 2.54. The molecule has 1 atom stereocenters. The van der Waals surface area contributed by atoms with Crippen molar-refractivity contribution in [3.8, 4) is 0 Å². The highest BCUT2D eigenvalue weighted by Gasteiger charge is 2.31. The predicted octanol–water partition coefficient (Wildman–Crippen LogP) is 3.65. The first-order valence-electron chi connectivity index (χ1n) is 6.94. The van der Waals surface area contributed by atoms with Crippen molar-refractivity contribution >= 4 is 15.7 Å². The van der Waals surface area contributed by atoms with Crippen molar-refractivity contribution in [1.82, 2.24) is 4.72 Å². The fourth-order valence-corrected chi connectivity index (χ4v) is 3.39. The van der Waals surface area contributed by atoms with E-state index in [2.05, 4.69) is 4.72 Å². The molecule has 0 heterocycles. The number of sulfonamides is 1. The topological polar surface area (TPSA) is 89.3 Å². The summed E-state index contributed by atoms with van der Waals surface area (Å²) in [6.07, 6.45) is -4.55. The quantitative estimate of drug-likeness (QED) is 0.639. The van der Waals surface area contributed by atoms with Crippen LogP contribution in [0.4, 0.5) is 18.9 Å². The van der Waals surface area contributed by atoms with E-state index >= 15 is 0 Å². The predicted molar refractivity (Wildman–Crippen MR) is 83.3 cm³/mol. The third kappa shape index (κ3) is 4.54. The van der Waals surface area contributed by atoms with Crippen LogP contribution >= 0.6 is 0 Å². The summed E-state index contributed by atoms with van der Waals surface area (Å²) in [7, 11) is -4.15. The Kier molecular flexibility index (Phi) is 5.14. The molecule has 10 heteroatoms. The molecule has 0 saturated heterocycles. The normalized spacial score (nSPS) is 13.4. The van der Waals surface area contributed by atoms with Crippen LogP contribution in [0.25, 0.3) is 0 Å².